The van der Waals surface area contributed by atoms with E-state index in [2.05, 4.69) is 23.7 Å². The number of pyridine rings is 1. The van der Waals surface area contributed by atoms with Gasteiger partial charge in [-0.25, -0.2) is 0 Å². The van der Waals surface area contributed by atoms with Gasteiger partial charge in [-0.1, -0.05) is 6.07 Å². The number of nitrogens with two attached hydrogens (primary N) is 1. The number of aromatic nitrogens is 1. The van der Waals surface area contributed by atoms with E-state index in [1.807, 2.05) is 18.3 Å². The molecule has 0 amide bonds. The molecule has 1 saturated heterocycles. The number of ether oxygens (including phenoxy) is 1. The van der Waals surface area contributed by atoms with Crippen LogP contribution in [0, 0.1) is 0 Å². The Bertz CT molecular complexity index is 379. The van der Waals surface area contributed by atoms with Gasteiger partial charge in [0.15, 0.2) is 0 Å². The zero-order chi connectivity index (χ0) is 12.3. The van der Waals surface area contributed by atoms with Gasteiger partial charge in [-0.3, -0.25) is 9.88 Å². The second-order valence-electron chi connectivity index (χ2n) is 5.13. The van der Waals surface area contributed by atoms with E-state index in [4.69, 9.17) is 10.5 Å². The van der Waals surface area contributed by atoms with E-state index in [1.165, 1.54) is 0 Å². The minimum absolute atomic E-state index is 0.0596. The lowest BCUT2D eigenvalue weighted by Crippen LogP contribution is -2.47. The van der Waals surface area contributed by atoms with E-state index in [9.17, 15) is 0 Å². The molecule has 2 N–H and O–H groups in total. The molecule has 0 saturated carbocycles. The molecule has 2 heterocycles. The second-order valence-corrected chi connectivity index (χ2v) is 5.13. The van der Waals surface area contributed by atoms with Crippen molar-refractivity contribution in [1.29, 1.82) is 0 Å². The minimum atomic E-state index is -0.0596. The first-order valence-electron chi connectivity index (χ1n) is 6.10. The van der Waals surface area contributed by atoms with Gasteiger partial charge >= 0.3 is 0 Å². The summed E-state index contributed by atoms with van der Waals surface area (Å²) in [5.74, 6) is 0. The summed E-state index contributed by atoms with van der Waals surface area (Å²) in [6.07, 6.45) is 1.83. The van der Waals surface area contributed by atoms with Crippen molar-refractivity contribution in [1.82, 2.24) is 9.88 Å². The highest BCUT2D eigenvalue weighted by atomic mass is 16.5. The average molecular weight is 235 g/mol. The summed E-state index contributed by atoms with van der Waals surface area (Å²) < 4.78 is 5.70. The smallest absolute Gasteiger partial charge is 0.0753 e. The van der Waals surface area contributed by atoms with Crippen LogP contribution in [0.25, 0.3) is 0 Å². The van der Waals surface area contributed by atoms with Crippen LogP contribution in [0.4, 0.5) is 0 Å². The number of morpholine rings is 1. The van der Waals surface area contributed by atoms with Crippen molar-refractivity contribution in [2.45, 2.75) is 32.5 Å². The first-order chi connectivity index (χ1) is 8.11. The molecule has 0 bridgehead atoms. The van der Waals surface area contributed by atoms with E-state index in [1.54, 1.807) is 0 Å². The normalized spacial score (nSPS) is 20.4. The molecular formula is C13H21N3O. The van der Waals surface area contributed by atoms with Crippen molar-refractivity contribution in [2.24, 2.45) is 5.73 Å². The topological polar surface area (TPSA) is 51.4 Å². The summed E-state index contributed by atoms with van der Waals surface area (Å²) in [6.45, 7) is 8.36. The van der Waals surface area contributed by atoms with Crippen LogP contribution < -0.4 is 5.73 Å². The van der Waals surface area contributed by atoms with E-state index >= 15 is 0 Å². The molecule has 0 aromatic carbocycles. The summed E-state index contributed by atoms with van der Waals surface area (Å²) >= 11 is 0. The Labute approximate surface area is 103 Å². The molecular weight excluding hydrogens is 214 g/mol. The van der Waals surface area contributed by atoms with Gasteiger partial charge in [-0.15, -0.1) is 0 Å². The van der Waals surface area contributed by atoms with Crippen LogP contribution in [0.1, 0.15) is 25.1 Å². The number of nitrogens with zero attached hydrogens (tertiary/aromatic N) is 2. The predicted octanol–water partition coefficient (Wildman–Crippen LogP) is 1.15. The zero-order valence-electron chi connectivity index (χ0n) is 10.6. The summed E-state index contributed by atoms with van der Waals surface area (Å²) in [5, 5.41) is 0. The quantitative estimate of drug-likeness (QED) is 0.854. The van der Waals surface area contributed by atoms with Gasteiger partial charge < -0.3 is 10.5 Å². The van der Waals surface area contributed by atoms with Crippen molar-refractivity contribution in [3.63, 3.8) is 0 Å². The molecule has 1 aromatic heterocycles. The van der Waals surface area contributed by atoms with E-state index in [0.717, 1.165) is 37.5 Å². The molecule has 1 aliphatic rings. The molecule has 1 fully saturated rings. The Balaban J connectivity index is 2.05. The van der Waals surface area contributed by atoms with Gasteiger partial charge in [0.1, 0.15) is 0 Å². The van der Waals surface area contributed by atoms with Crippen molar-refractivity contribution in [3.05, 3.63) is 29.6 Å². The fourth-order valence-electron chi connectivity index (χ4n) is 2.26. The maximum Gasteiger partial charge on any atom is 0.0753 e. The largest absolute Gasteiger partial charge is 0.373 e. The zero-order valence-corrected chi connectivity index (χ0v) is 10.6. The molecule has 0 atom stereocenters. The Hall–Kier alpha value is -0.970. The molecule has 1 aliphatic heterocycles. The Morgan fingerprint density at radius 1 is 1.53 bits per heavy atom. The lowest BCUT2D eigenvalue weighted by molar-refractivity contribution is -0.0885. The summed E-state index contributed by atoms with van der Waals surface area (Å²) in [4.78, 5) is 6.81. The highest BCUT2D eigenvalue weighted by molar-refractivity contribution is 5.19. The lowest BCUT2D eigenvalue weighted by atomic mass is 10.1. The van der Waals surface area contributed by atoms with Crippen LogP contribution in [-0.2, 0) is 17.8 Å². The first-order valence-corrected chi connectivity index (χ1v) is 6.10. The first kappa shape index (κ1) is 12.5. The minimum Gasteiger partial charge on any atom is -0.373 e. The highest BCUT2D eigenvalue weighted by Gasteiger charge is 2.27. The molecule has 2 rings (SSSR count). The maximum atomic E-state index is 5.73. The Kier molecular flexibility index (Phi) is 3.76. The van der Waals surface area contributed by atoms with Gasteiger partial charge in [0.2, 0.25) is 0 Å². The van der Waals surface area contributed by atoms with Crippen molar-refractivity contribution >= 4 is 0 Å². The monoisotopic (exact) mass is 235 g/mol. The van der Waals surface area contributed by atoms with Crippen LogP contribution >= 0.6 is 0 Å². The van der Waals surface area contributed by atoms with Crippen molar-refractivity contribution < 1.29 is 4.74 Å². The molecule has 17 heavy (non-hydrogen) atoms. The maximum absolute atomic E-state index is 5.73. The van der Waals surface area contributed by atoms with Gasteiger partial charge in [-0.05, 0) is 25.5 Å². The molecule has 0 spiro atoms. The summed E-state index contributed by atoms with van der Waals surface area (Å²) in [7, 11) is 0. The SMILES string of the molecule is CC1(C)CN(Cc2ncccc2CN)CCO1. The Morgan fingerprint density at radius 2 is 2.35 bits per heavy atom. The number of hydrogen-bond donors (Lipinski definition) is 1. The van der Waals surface area contributed by atoms with Crippen molar-refractivity contribution in [3.8, 4) is 0 Å². The predicted molar refractivity (Wildman–Crippen MR) is 67.4 cm³/mol. The highest BCUT2D eigenvalue weighted by Crippen LogP contribution is 2.18. The number of rotatable bonds is 3. The lowest BCUT2D eigenvalue weighted by Gasteiger charge is -2.38. The van der Waals surface area contributed by atoms with E-state index in [0.29, 0.717) is 6.54 Å². The third kappa shape index (κ3) is 3.25. The fraction of sp³-hybridized carbons (Fsp3) is 0.615. The van der Waals surface area contributed by atoms with Crippen LogP contribution in [0.15, 0.2) is 18.3 Å². The molecule has 0 aliphatic carbocycles. The average Bonchev–Trinajstić information content (AvgIpc) is 2.28. The standard InChI is InChI=1S/C13H21N3O/c1-13(2)10-16(6-7-17-13)9-12-11(8-14)4-3-5-15-12/h3-5H,6-10,14H2,1-2H3. The molecule has 0 radical (unpaired) electrons. The molecule has 94 valence electrons. The summed E-state index contributed by atoms with van der Waals surface area (Å²) in [5.41, 5.74) is 7.89. The molecule has 4 nitrogen and oxygen atoms in total. The van der Waals surface area contributed by atoms with Gasteiger partial charge in [0.05, 0.1) is 17.9 Å². The third-order valence-electron chi connectivity index (χ3n) is 3.08. The molecule has 4 heteroatoms. The van der Waals surface area contributed by atoms with Gasteiger partial charge in [0.25, 0.3) is 0 Å². The van der Waals surface area contributed by atoms with Crippen LogP contribution in [0.3, 0.4) is 0 Å². The van der Waals surface area contributed by atoms with Gasteiger partial charge in [-0.2, -0.15) is 0 Å². The Morgan fingerprint density at radius 3 is 3.06 bits per heavy atom. The molecule has 0 unspecified atom stereocenters. The summed E-state index contributed by atoms with van der Waals surface area (Å²) in [6, 6.07) is 3.99. The molecule has 1 aromatic rings. The van der Waals surface area contributed by atoms with E-state index < -0.39 is 0 Å². The number of hydrogen-bond acceptors (Lipinski definition) is 4. The van der Waals surface area contributed by atoms with E-state index in [-0.39, 0.29) is 5.60 Å². The van der Waals surface area contributed by atoms with Crippen molar-refractivity contribution in [2.75, 3.05) is 19.7 Å². The fourth-order valence-corrected chi connectivity index (χ4v) is 2.26. The van der Waals surface area contributed by atoms with Crippen LogP contribution in [0.2, 0.25) is 0 Å². The third-order valence-corrected chi connectivity index (χ3v) is 3.08. The van der Waals surface area contributed by atoms with Gasteiger partial charge in [0, 0.05) is 32.4 Å². The second kappa shape index (κ2) is 5.12. The van der Waals surface area contributed by atoms with Crippen LogP contribution in [-0.4, -0.2) is 35.2 Å². The van der Waals surface area contributed by atoms with Crippen LogP contribution in [0.5, 0.6) is 0 Å².